The molecule has 0 saturated carbocycles. The maximum absolute atomic E-state index is 12.3. The number of hydrogen-bond donors (Lipinski definition) is 1. The van der Waals surface area contributed by atoms with Crippen molar-refractivity contribution in [3.8, 4) is 5.75 Å². The first kappa shape index (κ1) is 17.9. The second-order valence-electron chi connectivity index (χ2n) is 5.53. The number of ether oxygens (including phenoxy) is 1. The Balaban J connectivity index is 1.72. The van der Waals surface area contributed by atoms with Gasteiger partial charge in [-0.05, 0) is 31.2 Å². The van der Waals surface area contributed by atoms with Crippen LogP contribution in [-0.2, 0) is 11.8 Å². The van der Waals surface area contributed by atoms with Gasteiger partial charge in [0.1, 0.15) is 5.75 Å². The van der Waals surface area contributed by atoms with Crippen molar-refractivity contribution in [3.05, 3.63) is 58.9 Å². The molecule has 0 aliphatic rings. The Hall–Kier alpha value is -2.93. The Morgan fingerprint density at radius 2 is 1.88 bits per heavy atom. The van der Waals surface area contributed by atoms with Crippen molar-refractivity contribution in [1.82, 2.24) is 9.88 Å². The standard InChI is InChI=1S/C19H19N3O3S/c1-3-25-15-10-6-4-8-13(15)18(24)20-12-17(23)21-19-22(2)14-9-5-7-11-16(14)26-19/h4-11H,3,12H2,1-2H3,(H,20,24). The van der Waals surface area contributed by atoms with Crippen LogP contribution in [0.15, 0.2) is 53.5 Å². The van der Waals surface area contributed by atoms with E-state index in [0.717, 1.165) is 10.2 Å². The predicted octanol–water partition coefficient (Wildman–Crippen LogP) is 2.50. The average Bonchev–Trinajstić information content (AvgIpc) is 2.96. The van der Waals surface area contributed by atoms with E-state index in [9.17, 15) is 9.59 Å². The summed E-state index contributed by atoms with van der Waals surface area (Å²) < 4.78 is 8.36. The van der Waals surface area contributed by atoms with Gasteiger partial charge in [-0.2, -0.15) is 4.99 Å². The van der Waals surface area contributed by atoms with E-state index < -0.39 is 5.91 Å². The average molecular weight is 369 g/mol. The summed E-state index contributed by atoms with van der Waals surface area (Å²) >= 11 is 1.43. The molecule has 0 atom stereocenters. The monoisotopic (exact) mass is 369 g/mol. The normalized spacial score (nSPS) is 11.5. The van der Waals surface area contributed by atoms with Crippen LogP contribution in [0.3, 0.4) is 0 Å². The Morgan fingerprint density at radius 1 is 1.15 bits per heavy atom. The topological polar surface area (TPSA) is 72.7 Å². The second-order valence-corrected chi connectivity index (χ2v) is 6.54. The fourth-order valence-electron chi connectivity index (χ4n) is 2.52. The molecule has 2 amide bonds. The summed E-state index contributed by atoms with van der Waals surface area (Å²) in [7, 11) is 1.86. The number of aromatic nitrogens is 1. The highest BCUT2D eigenvalue weighted by atomic mass is 32.1. The zero-order chi connectivity index (χ0) is 18.5. The number of para-hydroxylation sites is 2. The van der Waals surface area contributed by atoms with E-state index in [-0.39, 0.29) is 12.5 Å². The second kappa shape index (κ2) is 7.97. The lowest BCUT2D eigenvalue weighted by Gasteiger charge is -2.09. The number of thiazole rings is 1. The minimum atomic E-state index is -0.408. The number of aryl methyl sites for hydroxylation is 1. The van der Waals surface area contributed by atoms with Gasteiger partial charge in [-0.3, -0.25) is 9.59 Å². The van der Waals surface area contributed by atoms with E-state index in [1.54, 1.807) is 24.3 Å². The largest absolute Gasteiger partial charge is 0.493 e. The molecule has 0 spiro atoms. The number of carbonyl (C=O) groups excluding carboxylic acids is 2. The number of fused-ring (bicyclic) bond motifs is 1. The summed E-state index contributed by atoms with van der Waals surface area (Å²) in [6, 6.07) is 14.8. The summed E-state index contributed by atoms with van der Waals surface area (Å²) in [5.41, 5.74) is 1.41. The first-order chi connectivity index (χ1) is 12.6. The van der Waals surface area contributed by atoms with Crippen LogP contribution in [0.25, 0.3) is 10.2 Å². The molecular formula is C19H19N3O3S. The van der Waals surface area contributed by atoms with Gasteiger partial charge in [0.25, 0.3) is 11.8 Å². The number of amides is 2. The molecule has 0 fully saturated rings. The van der Waals surface area contributed by atoms with Crippen LogP contribution in [0, 0.1) is 0 Å². The Kier molecular flexibility index (Phi) is 5.48. The lowest BCUT2D eigenvalue weighted by molar-refractivity contribution is -0.117. The Bertz CT molecular complexity index is 1020. The molecule has 1 N–H and O–H groups in total. The number of rotatable bonds is 5. The van der Waals surface area contributed by atoms with Crippen LogP contribution < -0.4 is 14.9 Å². The van der Waals surface area contributed by atoms with Crippen LogP contribution in [0.5, 0.6) is 5.75 Å². The van der Waals surface area contributed by atoms with Gasteiger partial charge < -0.3 is 14.6 Å². The van der Waals surface area contributed by atoms with Crippen molar-refractivity contribution in [1.29, 1.82) is 0 Å². The quantitative estimate of drug-likeness (QED) is 0.751. The summed E-state index contributed by atoms with van der Waals surface area (Å²) in [4.78, 5) is 29.2. The molecule has 134 valence electrons. The van der Waals surface area contributed by atoms with Gasteiger partial charge in [-0.1, -0.05) is 35.6 Å². The molecule has 0 radical (unpaired) electrons. The van der Waals surface area contributed by atoms with Crippen molar-refractivity contribution in [3.63, 3.8) is 0 Å². The fraction of sp³-hybridized carbons (Fsp3) is 0.211. The highest BCUT2D eigenvalue weighted by Crippen LogP contribution is 2.17. The molecule has 0 unspecified atom stereocenters. The fourth-order valence-corrected chi connectivity index (χ4v) is 3.56. The highest BCUT2D eigenvalue weighted by Gasteiger charge is 2.13. The zero-order valence-electron chi connectivity index (χ0n) is 14.6. The van der Waals surface area contributed by atoms with Crippen LogP contribution in [0.1, 0.15) is 17.3 Å². The predicted molar refractivity (Wildman–Crippen MR) is 101 cm³/mol. The van der Waals surface area contributed by atoms with Crippen LogP contribution in [0.4, 0.5) is 0 Å². The number of nitrogens with one attached hydrogen (secondary N) is 1. The summed E-state index contributed by atoms with van der Waals surface area (Å²) in [5, 5.41) is 2.60. The first-order valence-corrected chi connectivity index (χ1v) is 9.04. The molecule has 0 bridgehead atoms. The van der Waals surface area contributed by atoms with Gasteiger partial charge in [-0.15, -0.1) is 0 Å². The van der Waals surface area contributed by atoms with Gasteiger partial charge in [0.15, 0.2) is 4.80 Å². The van der Waals surface area contributed by atoms with Crippen molar-refractivity contribution in [2.75, 3.05) is 13.2 Å². The van der Waals surface area contributed by atoms with Crippen LogP contribution >= 0.6 is 11.3 Å². The third kappa shape index (κ3) is 3.83. The molecule has 2 aromatic carbocycles. The van der Waals surface area contributed by atoms with E-state index >= 15 is 0 Å². The molecule has 0 saturated heterocycles. The van der Waals surface area contributed by atoms with Gasteiger partial charge >= 0.3 is 0 Å². The summed E-state index contributed by atoms with van der Waals surface area (Å²) in [6.07, 6.45) is 0. The molecule has 6 nitrogen and oxygen atoms in total. The van der Waals surface area contributed by atoms with Gasteiger partial charge in [0, 0.05) is 7.05 Å². The van der Waals surface area contributed by atoms with Crippen molar-refractivity contribution >= 4 is 33.4 Å². The molecule has 3 rings (SSSR count). The van der Waals surface area contributed by atoms with E-state index in [0.29, 0.717) is 22.7 Å². The molecule has 0 aliphatic heterocycles. The summed E-state index contributed by atoms with van der Waals surface area (Å²) in [5.74, 6) is -0.277. The summed E-state index contributed by atoms with van der Waals surface area (Å²) in [6.45, 7) is 2.14. The van der Waals surface area contributed by atoms with E-state index in [4.69, 9.17) is 4.74 Å². The van der Waals surface area contributed by atoms with Gasteiger partial charge in [0.05, 0.1) is 28.9 Å². The van der Waals surface area contributed by atoms with Crippen molar-refractivity contribution in [2.45, 2.75) is 6.92 Å². The molecule has 0 aliphatic carbocycles. The molecule has 1 heterocycles. The first-order valence-electron chi connectivity index (χ1n) is 8.22. The third-order valence-electron chi connectivity index (χ3n) is 3.77. The van der Waals surface area contributed by atoms with Gasteiger partial charge in [-0.25, -0.2) is 0 Å². The maximum Gasteiger partial charge on any atom is 0.267 e. The molecule has 3 aromatic rings. The Morgan fingerprint density at radius 3 is 2.65 bits per heavy atom. The van der Waals surface area contributed by atoms with Crippen molar-refractivity contribution in [2.24, 2.45) is 12.0 Å². The van der Waals surface area contributed by atoms with Gasteiger partial charge in [0.2, 0.25) is 0 Å². The molecule has 7 heteroatoms. The molecular weight excluding hydrogens is 350 g/mol. The van der Waals surface area contributed by atoms with Crippen LogP contribution in [-0.4, -0.2) is 29.5 Å². The van der Waals surface area contributed by atoms with E-state index in [1.807, 2.05) is 42.8 Å². The Labute approximate surface area is 154 Å². The minimum Gasteiger partial charge on any atom is -0.493 e. The molecule has 1 aromatic heterocycles. The van der Waals surface area contributed by atoms with E-state index in [2.05, 4.69) is 10.3 Å². The lowest BCUT2D eigenvalue weighted by Crippen LogP contribution is -2.30. The smallest absolute Gasteiger partial charge is 0.267 e. The molecule has 26 heavy (non-hydrogen) atoms. The third-order valence-corrected chi connectivity index (χ3v) is 4.88. The number of hydrogen-bond acceptors (Lipinski definition) is 4. The zero-order valence-corrected chi connectivity index (χ0v) is 15.4. The maximum atomic E-state index is 12.3. The minimum absolute atomic E-state index is 0.173. The van der Waals surface area contributed by atoms with E-state index in [1.165, 1.54) is 11.3 Å². The highest BCUT2D eigenvalue weighted by molar-refractivity contribution is 7.16. The number of carbonyl (C=O) groups is 2. The van der Waals surface area contributed by atoms with Crippen LogP contribution in [0.2, 0.25) is 0 Å². The van der Waals surface area contributed by atoms with Crippen molar-refractivity contribution < 1.29 is 14.3 Å². The number of nitrogens with zero attached hydrogens (tertiary/aromatic N) is 2. The number of benzene rings is 2. The lowest BCUT2D eigenvalue weighted by atomic mass is 10.2. The SMILES string of the molecule is CCOc1ccccc1C(=O)NCC(=O)N=c1sc2ccccc2n1C.